The van der Waals surface area contributed by atoms with Crippen molar-refractivity contribution >= 4 is 0 Å². The van der Waals surface area contributed by atoms with Crippen molar-refractivity contribution < 1.29 is 5.11 Å². The first-order valence-corrected chi connectivity index (χ1v) is 13.1. The molecule has 9 atom stereocenters. The lowest BCUT2D eigenvalue weighted by Gasteiger charge is -2.60. The highest BCUT2D eigenvalue weighted by Gasteiger charge is 2.57. The van der Waals surface area contributed by atoms with Crippen molar-refractivity contribution in [2.75, 3.05) is 0 Å². The average molecular weight is 401 g/mol. The summed E-state index contributed by atoms with van der Waals surface area (Å²) in [5.41, 5.74) is 2.84. The highest BCUT2D eigenvalue weighted by molar-refractivity contribution is 5.30. The molecule has 3 saturated carbocycles. The number of fused-ring (bicyclic) bond motifs is 5. The molecule has 29 heavy (non-hydrogen) atoms. The van der Waals surface area contributed by atoms with Gasteiger partial charge in [0.2, 0.25) is 0 Å². The molecular weight excluding hydrogens is 352 g/mol. The Morgan fingerprint density at radius 2 is 1.76 bits per heavy atom. The summed E-state index contributed by atoms with van der Waals surface area (Å²) in [6, 6.07) is 0. The van der Waals surface area contributed by atoms with Gasteiger partial charge in [-0.1, -0.05) is 66.0 Å². The monoisotopic (exact) mass is 400 g/mol. The molecule has 1 N–H and O–H groups in total. The fourth-order valence-corrected chi connectivity index (χ4v) is 8.52. The summed E-state index contributed by atoms with van der Waals surface area (Å²) < 4.78 is 0. The standard InChI is InChI=1S/C28H48O/c1-18(2)19(3)7-8-20(4)24-11-12-25-23-10-9-21-17-22(29)13-15-27(21,5)26(23)14-16-28(24,25)6/h12,18-24,26,29H,7-11,13-17H2,1-6H3/t19-,20+,21-,22?,23?,24?,26?,27?,28?/m0/s1. The van der Waals surface area contributed by atoms with Crippen molar-refractivity contribution in [3.05, 3.63) is 11.6 Å². The van der Waals surface area contributed by atoms with E-state index < -0.39 is 0 Å². The number of hydrogen-bond acceptors (Lipinski definition) is 1. The van der Waals surface area contributed by atoms with Gasteiger partial charge in [0, 0.05) is 0 Å². The van der Waals surface area contributed by atoms with Crippen molar-refractivity contribution in [1.82, 2.24) is 0 Å². The molecule has 0 radical (unpaired) electrons. The van der Waals surface area contributed by atoms with E-state index in [1.807, 2.05) is 5.57 Å². The maximum absolute atomic E-state index is 10.3. The van der Waals surface area contributed by atoms with Gasteiger partial charge >= 0.3 is 0 Å². The molecule has 166 valence electrons. The molecule has 4 rings (SSSR count). The summed E-state index contributed by atoms with van der Waals surface area (Å²) in [4.78, 5) is 0. The summed E-state index contributed by atoms with van der Waals surface area (Å²) in [6.07, 6.45) is 15.8. The maximum Gasteiger partial charge on any atom is 0.0543 e. The van der Waals surface area contributed by atoms with Crippen LogP contribution in [-0.4, -0.2) is 11.2 Å². The predicted octanol–water partition coefficient (Wildman–Crippen LogP) is 7.63. The highest BCUT2D eigenvalue weighted by atomic mass is 16.3. The average Bonchev–Trinajstić information content (AvgIpc) is 3.03. The SMILES string of the molecule is CC(C)[C@@H](C)CC[C@@H](C)C1CC=C2C3CC[C@H]4CC(O)CCC4(C)C3CCC21C. The highest BCUT2D eigenvalue weighted by Crippen LogP contribution is 2.66. The summed E-state index contributed by atoms with van der Waals surface area (Å²) in [5.74, 6) is 5.88. The van der Waals surface area contributed by atoms with E-state index in [4.69, 9.17) is 0 Å². The van der Waals surface area contributed by atoms with Crippen LogP contribution in [0.3, 0.4) is 0 Å². The van der Waals surface area contributed by atoms with Crippen LogP contribution in [0.4, 0.5) is 0 Å². The molecule has 0 aromatic carbocycles. The molecule has 0 aliphatic heterocycles. The van der Waals surface area contributed by atoms with Crippen molar-refractivity contribution in [2.45, 2.75) is 112 Å². The van der Waals surface area contributed by atoms with Gasteiger partial charge in [-0.05, 0) is 104 Å². The Balaban J connectivity index is 1.47. The molecule has 0 amide bonds. The van der Waals surface area contributed by atoms with E-state index >= 15 is 0 Å². The summed E-state index contributed by atoms with van der Waals surface area (Å²) in [7, 11) is 0. The Labute approximate surface area is 181 Å². The molecular formula is C28H48O. The third kappa shape index (κ3) is 3.66. The number of hydrogen-bond donors (Lipinski definition) is 1. The van der Waals surface area contributed by atoms with Gasteiger partial charge in [0.1, 0.15) is 0 Å². The molecule has 4 aliphatic rings. The molecule has 0 bridgehead atoms. The first-order chi connectivity index (χ1) is 13.7. The van der Waals surface area contributed by atoms with E-state index in [9.17, 15) is 5.11 Å². The number of rotatable bonds is 5. The molecule has 4 aliphatic carbocycles. The third-order valence-electron chi connectivity index (χ3n) is 11.0. The smallest absolute Gasteiger partial charge is 0.0543 e. The quantitative estimate of drug-likeness (QED) is 0.470. The van der Waals surface area contributed by atoms with Crippen molar-refractivity contribution in [1.29, 1.82) is 0 Å². The van der Waals surface area contributed by atoms with E-state index in [-0.39, 0.29) is 6.10 Å². The number of aliphatic hydroxyl groups excluding tert-OH is 1. The van der Waals surface area contributed by atoms with Crippen LogP contribution in [0.25, 0.3) is 0 Å². The van der Waals surface area contributed by atoms with Crippen molar-refractivity contribution in [3.8, 4) is 0 Å². The van der Waals surface area contributed by atoms with E-state index in [1.54, 1.807) is 0 Å². The fraction of sp³-hybridized carbons (Fsp3) is 0.929. The van der Waals surface area contributed by atoms with Crippen LogP contribution >= 0.6 is 0 Å². The second kappa shape index (κ2) is 7.99. The van der Waals surface area contributed by atoms with Gasteiger partial charge in [-0.2, -0.15) is 0 Å². The normalized spacial score (nSPS) is 46.5. The lowest BCUT2D eigenvalue weighted by molar-refractivity contribution is -0.0860. The topological polar surface area (TPSA) is 20.2 Å². The van der Waals surface area contributed by atoms with Crippen LogP contribution in [-0.2, 0) is 0 Å². The molecule has 0 aromatic rings. The van der Waals surface area contributed by atoms with E-state index in [0.29, 0.717) is 10.8 Å². The molecule has 0 heterocycles. The second-order valence-corrected chi connectivity index (χ2v) is 12.7. The molecule has 6 unspecified atom stereocenters. The van der Waals surface area contributed by atoms with Gasteiger partial charge in [-0.15, -0.1) is 0 Å². The Kier molecular flexibility index (Phi) is 6.04. The summed E-state index contributed by atoms with van der Waals surface area (Å²) in [5, 5.41) is 10.3. The zero-order valence-corrected chi connectivity index (χ0v) is 20.2. The van der Waals surface area contributed by atoms with Gasteiger partial charge in [-0.25, -0.2) is 0 Å². The van der Waals surface area contributed by atoms with Gasteiger partial charge in [-0.3, -0.25) is 0 Å². The Morgan fingerprint density at radius 1 is 1.00 bits per heavy atom. The summed E-state index contributed by atoms with van der Waals surface area (Å²) in [6.45, 7) is 15.0. The zero-order chi connectivity index (χ0) is 21.0. The Morgan fingerprint density at radius 3 is 2.48 bits per heavy atom. The fourth-order valence-electron chi connectivity index (χ4n) is 8.52. The Hall–Kier alpha value is -0.300. The van der Waals surface area contributed by atoms with Gasteiger partial charge < -0.3 is 5.11 Å². The summed E-state index contributed by atoms with van der Waals surface area (Å²) >= 11 is 0. The van der Waals surface area contributed by atoms with Crippen LogP contribution < -0.4 is 0 Å². The van der Waals surface area contributed by atoms with Gasteiger partial charge in [0.15, 0.2) is 0 Å². The minimum atomic E-state index is -0.0253. The van der Waals surface area contributed by atoms with Crippen LogP contribution in [0.5, 0.6) is 0 Å². The van der Waals surface area contributed by atoms with Crippen molar-refractivity contribution in [3.63, 3.8) is 0 Å². The minimum absolute atomic E-state index is 0.0253. The predicted molar refractivity (Wildman–Crippen MR) is 124 cm³/mol. The van der Waals surface area contributed by atoms with Gasteiger partial charge in [0.05, 0.1) is 6.10 Å². The maximum atomic E-state index is 10.3. The largest absolute Gasteiger partial charge is 0.393 e. The van der Waals surface area contributed by atoms with Crippen LogP contribution in [0.1, 0.15) is 106 Å². The minimum Gasteiger partial charge on any atom is -0.393 e. The molecule has 0 aromatic heterocycles. The van der Waals surface area contributed by atoms with Gasteiger partial charge in [0.25, 0.3) is 0 Å². The van der Waals surface area contributed by atoms with Crippen LogP contribution in [0.15, 0.2) is 11.6 Å². The number of aliphatic hydroxyl groups is 1. The molecule has 3 fully saturated rings. The molecule has 0 saturated heterocycles. The second-order valence-electron chi connectivity index (χ2n) is 12.7. The van der Waals surface area contributed by atoms with E-state index in [1.165, 1.54) is 51.4 Å². The first-order valence-electron chi connectivity index (χ1n) is 13.1. The van der Waals surface area contributed by atoms with Crippen LogP contribution in [0, 0.1) is 52.3 Å². The van der Waals surface area contributed by atoms with E-state index in [2.05, 4.69) is 47.6 Å². The van der Waals surface area contributed by atoms with E-state index in [0.717, 1.165) is 54.3 Å². The number of allylic oxidation sites excluding steroid dienone is 2. The third-order valence-corrected chi connectivity index (χ3v) is 11.0. The van der Waals surface area contributed by atoms with Crippen molar-refractivity contribution in [2.24, 2.45) is 52.3 Å². The molecule has 0 spiro atoms. The molecule has 1 nitrogen and oxygen atoms in total. The zero-order valence-electron chi connectivity index (χ0n) is 20.2. The van der Waals surface area contributed by atoms with Crippen LogP contribution in [0.2, 0.25) is 0 Å². The lowest BCUT2D eigenvalue weighted by Crippen LogP contribution is -2.52. The lowest BCUT2D eigenvalue weighted by atomic mass is 9.45. The first kappa shape index (κ1) is 21.9. The molecule has 1 heteroatoms. The Bertz CT molecular complexity index is 620.